The second-order valence-corrected chi connectivity index (χ2v) is 14.0. The lowest BCUT2D eigenvalue weighted by atomic mass is 9.91. The Labute approximate surface area is 261 Å². The van der Waals surface area contributed by atoms with Crippen molar-refractivity contribution in [1.82, 2.24) is 4.90 Å². The number of ketones is 2. The summed E-state index contributed by atoms with van der Waals surface area (Å²) in [5.74, 6) is 0.353. The number of benzene rings is 3. The molecular weight excluding hydrogens is 576 g/mol. The van der Waals surface area contributed by atoms with E-state index < -0.39 is 16.1 Å². The van der Waals surface area contributed by atoms with E-state index in [4.69, 9.17) is 4.74 Å². The highest BCUT2D eigenvalue weighted by Gasteiger charge is 2.35. The minimum atomic E-state index is -3.62. The normalized spacial score (nSPS) is 18.5. The standard InChI is InChI=1S/C35H44N2O6S/c1-24(26-11-7-6-8-12-26)18-35(40)28-21-27(22-30(23-28)37(3)44(5,41)42)33(38)16-17-34(39)32-15-14-29(36(32)2)19-25-10-9-13-31(20-25)43-4/h6-13,20-24,29,32,34,39H,14-19H2,1-5H3/t24-,29-,32+,34-/m0/s1. The molecular formula is C35H44N2O6S. The first-order valence-electron chi connectivity index (χ1n) is 15.1. The van der Waals surface area contributed by atoms with E-state index in [2.05, 4.69) is 11.0 Å². The first kappa shape index (κ1) is 33.4. The molecule has 0 aromatic heterocycles. The van der Waals surface area contributed by atoms with Crippen LogP contribution in [0.5, 0.6) is 5.75 Å². The third-order valence-electron chi connectivity index (χ3n) is 8.89. The highest BCUT2D eigenvalue weighted by Crippen LogP contribution is 2.30. The summed E-state index contributed by atoms with van der Waals surface area (Å²) in [6, 6.07) is 22.5. The molecule has 1 saturated heterocycles. The van der Waals surface area contributed by atoms with Crippen molar-refractivity contribution in [3.63, 3.8) is 0 Å². The summed E-state index contributed by atoms with van der Waals surface area (Å²) in [6.07, 6.45) is 3.55. The van der Waals surface area contributed by atoms with E-state index in [1.165, 1.54) is 24.7 Å². The van der Waals surface area contributed by atoms with Crippen molar-refractivity contribution in [2.45, 2.75) is 69.6 Å². The van der Waals surface area contributed by atoms with Crippen LogP contribution in [0.3, 0.4) is 0 Å². The molecule has 236 valence electrons. The molecule has 0 saturated carbocycles. The van der Waals surface area contributed by atoms with Gasteiger partial charge in [0.1, 0.15) is 5.75 Å². The Hall–Kier alpha value is -3.53. The number of likely N-dealkylation sites (tertiary alicyclic amines) is 1. The minimum absolute atomic E-state index is 0.0505. The number of carbonyl (C=O) groups is 2. The quantitative estimate of drug-likeness (QED) is 0.238. The lowest BCUT2D eigenvalue weighted by Gasteiger charge is -2.29. The first-order chi connectivity index (χ1) is 20.9. The van der Waals surface area contributed by atoms with Gasteiger partial charge < -0.3 is 9.84 Å². The predicted octanol–water partition coefficient (Wildman–Crippen LogP) is 5.50. The first-order valence-corrected chi connectivity index (χ1v) is 17.0. The molecule has 0 radical (unpaired) electrons. The van der Waals surface area contributed by atoms with Crippen molar-refractivity contribution in [3.8, 4) is 5.75 Å². The second kappa shape index (κ2) is 14.5. The van der Waals surface area contributed by atoms with Crippen molar-refractivity contribution >= 4 is 27.3 Å². The number of ether oxygens (including phenoxy) is 1. The summed E-state index contributed by atoms with van der Waals surface area (Å²) >= 11 is 0. The fourth-order valence-corrected chi connectivity index (χ4v) is 6.53. The smallest absolute Gasteiger partial charge is 0.231 e. The zero-order valence-electron chi connectivity index (χ0n) is 26.3. The molecule has 1 fully saturated rings. The van der Waals surface area contributed by atoms with E-state index in [9.17, 15) is 23.1 Å². The minimum Gasteiger partial charge on any atom is -0.497 e. The molecule has 1 aliphatic heterocycles. The number of hydrogen-bond donors (Lipinski definition) is 1. The topological polar surface area (TPSA) is 104 Å². The molecule has 1 aliphatic rings. The van der Waals surface area contributed by atoms with Gasteiger partial charge in [0, 0.05) is 43.1 Å². The van der Waals surface area contributed by atoms with Gasteiger partial charge in [-0.25, -0.2) is 8.42 Å². The van der Waals surface area contributed by atoms with Crippen molar-refractivity contribution in [2.75, 3.05) is 31.8 Å². The third kappa shape index (κ3) is 8.34. The number of likely N-dealkylation sites (N-methyl/N-ethyl adjacent to an activating group) is 1. The number of Topliss-reactive ketones (excluding diaryl/α,β-unsaturated/α-hetero) is 2. The van der Waals surface area contributed by atoms with Crippen LogP contribution in [0.25, 0.3) is 0 Å². The molecule has 8 nitrogen and oxygen atoms in total. The van der Waals surface area contributed by atoms with Crippen molar-refractivity contribution in [3.05, 3.63) is 95.1 Å². The fraction of sp³-hybridized carbons (Fsp3) is 0.429. The summed E-state index contributed by atoms with van der Waals surface area (Å²) in [5, 5.41) is 11.1. The maximum Gasteiger partial charge on any atom is 0.231 e. The number of nitrogens with zero attached hydrogens (tertiary/aromatic N) is 2. The lowest BCUT2D eigenvalue weighted by molar-refractivity contribution is 0.0611. The number of methoxy groups -OCH3 is 1. The molecule has 4 rings (SSSR count). The number of hydrogen-bond acceptors (Lipinski definition) is 7. The zero-order chi connectivity index (χ0) is 32.0. The molecule has 44 heavy (non-hydrogen) atoms. The van der Waals surface area contributed by atoms with Crippen molar-refractivity contribution in [1.29, 1.82) is 0 Å². The molecule has 3 aromatic carbocycles. The van der Waals surface area contributed by atoms with Gasteiger partial charge in [-0.2, -0.15) is 0 Å². The molecule has 9 heteroatoms. The van der Waals surface area contributed by atoms with Crippen molar-refractivity contribution < 1.29 is 27.9 Å². The average molecular weight is 621 g/mol. The summed E-state index contributed by atoms with van der Waals surface area (Å²) in [6.45, 7) is 1.97. The number of aliphatic hydroxyl groups excluding tert-OH is 1. The van der Waals surface area contributed by atoms with E-state index in [0.29, 0.717) is 5.56 Å². The molecule has 0 bridgehead atoms. The van der Waals surface area contributed by atoms with Crippen LogP contribution >= 0.6 is 0 Å². The number of sulfonamides is 1. The molecule has 0 amide bonds. The van der Waals surface area contributed by atoms with E-state index in [1.807, 2.05) is 62.5 Å². The van der Waals surface area contributed by atoms with Crippen LogP contribution in [0.15, 0.2) is 72.8 Å². The van der Waals surface area contributed by atoms with Crippen LogP contribution in [-0.4, -0.2) is 75.6 Å². The van der Waals surface area contributed by atoms with E-state index >= 15 is 0 Å². The van der Waals surface area contributed by atoms with Crippen LogP contribution in [-0.2, 0) is 16.4 Å². The largest absolute Gasteiger partial charge is 0.497 e. The predicted molar refractivity (Wildman–Crippen MR) is 174 cm³/mol. The van der Waals surface area contributed by atoms with Gasteiger partial charge in [0.2, 0.25) is 10.0 Å². The van der Waals surface area contributed by atoms with Crippen LogP contribution < -0.4 is 9.04 Å². The molecule has 0 unspecified atom stereocenters. The maximum absolute atomic E-state index is 13.4. The van der Waals surface area contributed by atoms with Gasteiger partial charge in [-0.3, -0.25) is 18.8 Å². The third-order valence-corrected chi connectivity index (χ3v) is 10.1. The summed E-state index contributed by atoms with van der Waals surface area (Å²) in [4.78, 5) is 29.0. The summed E-state index contributed by atoms with van der Waals surface area (Å²) in [5.41, 5.74) is 3.01. The Morgan fingerprint density at radius 3 is 2.34 bits per heavy atom. The molecule has 4 atom stereocenters. The highest BCUT2D eigenvalue weighted by molar-refractivity contribution is 7.92. The van der Waals surface area contributed by atoms with Gasteiger partial charge in [-0.05, 0) is 80.1 Å². The number of anilines is 1. The van der Waals surface area contributed by atoms with E-state index in [1.54, 1.807) is 13.2 Å². The zero-order valence-corrected chi connectivity index (χ0v) is 27.1. The van der Waals surface area contributed by atoms with Gasteiger partial charge >= 0.3 is 0 Å². The molecule has 0 aliphatic carbocycles. The van der Waals surface area contributed by atoms with Gasteiger partial charge in [0.05, 0.1) is 25.2 Å². The van der Waals surface area contributed by atoms with Crippen LogP contribution in [0, 0.1) is 0 Å². The van der Waals surface area contributed by atoms with Gasteiger partial charge in [-0.15, -0.1) is 0 Å². The van der Waals surface area contributed by atoms with Crippen LogP contribution in [0.1, 0.15) is 76.8 Å². The number of rotatable bonds is 14. The Morgan fingerprint density at radius 2 is 1.68 bits per heavy atom. The maximum atomic E-state index is 13.4. The van der Waals surface area contributed by atoms with Crippen LogP contribution in [0.4, 0.5) is 5.69 Å². The van der Waals surface area contributed by atoms with E-state index in [-0.39, 0.29) is 60.1 Å². The second-order valence-electron chi connectivity index (χ2n) is 12.0. The molecule has 1 N–H and O–H groups in total. The summed E-state index contributed by atoms with van der Waals surface area (Å²) < 4.78 is 31.1. The number of aliphatic hydroxyl groups is 1. The lowest BCUT2D eigenvalue weighted by Crippen LogP contribution is -2.41. The molecule has 1 heterocycles. The Bertz CT molecular complexity index is 1560. The average Bonchev–Trinajstić information content (AvgIpc) is 3.38. The van der Waals surface area contributed by atoms with Gasteiger partial charge in [-0.1, -0.05) is 49.4 Å². The fourth-order valence-electron chi connectivity index (χ4n) is 6.04. The Morgan fingerprint density at radius 1 is 1.00 bits per heavy atom. The molecule has 3 aromatic rings. The Kier molecular flexibility index (Phi) is 11.0. The van der Waals surface area contributed by atoms with Crippen molar-refractivity contribution in [2.24, 2.45) is 0 Å². The number of carbonyl (C=O) groups excluding carboxylic acids is 2. The van der Waals surface area contributed by atoms with Gasteiger partial charge in [0.15, 0.2) is 11.6 Å². The molecule has 0 spiro atoms. The Balaban J connectivity index is 1.45. The summed E-state index contributed by atoms with van der Waals surface area (Å²) in [7, 11) is 1.45. The highest BCUT2D eigenvalue weighted by atomic mass is 32.2. The monoisotopic (exact) mass is 620 g/mol. The van der Waals surface area contributed by atoms with Gasteiger partial charge in [0.25, 0.3) is 0 Å². The van der Waals surface area contributed by atoms with E-state index in [0.717, 1.165) is 41.1 Å². The SMILES string of the molecule is COc1cccc(C[C@@H]2CC[C@H]([C@@H](O)CCC(=O)c3cc(C(=O)C[C@H](C)c4ccccc4)cc(N(C)S(C)(=O)=O)c3)N2C)c1. The van der Waals surface area contributed by atoms with Crippen LogP contribution in [0.2, 0.25) is 0 Å².